The monoisotopic (exact) mass is 468 g/mol. The second-order valence-corrected chi connectivity index (χ2v) is 10.7. The molecule has 4 aromatic rings. The second kappa shape index (κ2) is 9.62. The van der Waals surface area contributed by atoms with Crippen molar-refractivity contribution in [1.29, 1.82) is 0 Å². The van der Waals surface area contributed by atoms with E-state index in [1.807, 2.05) is 35.0 Å². The van der Waals surface area contributed by atoms with Crippen LogP contribution in [-0.4, -0.2) is 41.2 Å². The summed E-state index contributed by atoms with van der Waals surface area (Å²) in [6, 6.07) is 14.4. The summed E-state index contributed by atoms with van der Waals surface area (Å²) in [6.45, 7) is 2.89. The number of hydrogen-bond donors (Lipinski definition) is 0. The molecule has 0 unspecified atom stereocenters. The van der Waals surface area contributed by atoms with Crippen molar-refractivity contribution < 1.29 is 13.2 Å². The molecule has 0 radical (unpaired) electrons. The Bertz CT molecular complexity index is 1260. The molecule has 9 heteroatoms. The Labute approximate surface area is 191 Å². The third-order valence-electron chi connectivity index (χ3n) is 5.19. The molecular formula is C23H24N4O3S2. The summed E-state index contributed by atoms with van der Waals surface area (Å²) in [5.41, 5.74) is 1.64. The molecule has 0 aliphatic heterocycles. The average Bonchev–Trinajstić information content (AvgIpc) is 3.46. The van der Waals surface area contributed by atoms with E-state index in [-0.39, 0.29) is 23.0 Å². The summed E-state index contributed by atoms with van der Waals surface area (Å²) < 4.78 is 27.1. The highest BCUT2D eigenvalue weighted by Gasteiger charge is 2.20. The maximum absolute atomic E-state index is 13.3. The molecule has 0 N–H and O–H groups in total. The highest BCUT2D eigenvalue weighted by molar-refractivity contribution is 7.91. The maximum Gasteiger partial charge on any atom is 0.233 e. The molecule has 2 heterocycles. The van der Waals surface area contributed by atoms with Gasteiger partial charge in [-0.3, -0.25) is 9.69 Å². The van der Waals surface area contributed by atoms with Gasteiger partial charge < -0.3 is 4.57 Å². The van der Waals surface area contributed by atoms with Gasteiger partial charge in [0.2, 0.25) is 5.91 Å². The van der Waals surface area contributed by atoms with Crippen molar-refractivity contribution in [2.24, 2.45) is 0 Å². The first-order valence-corrected chi connectivity index (χ1v) is 12.9. The van der Waals surface area contributed by atoms with E-state index in [0.717, 1.165) is 28.7 Å². The van der Waals surface area contributed by atoms with E-state index in [9.17, 15) is 13.2 Å². The van der Waals surface area contributed by atoms with Crippen LogP contribution in [0.4, 0.5) is 5.13 Å². The molecule has 166 valence electrons. The van der Waals surface area contributed by atoms with Gasteiger partial charge in [0.1, 0.15) is 0 Å². The third kappa shape index (κ3) is 5.05. The predicted octanol–water partition coefficient (Wildman–Crippen LogP) is 3.95. The van der Waals surface area contributed by atoms with Gasteiger partial charge in [-0.25, -0.2) is 18.4 Å². The van der Waals surface area contributed by atoms with Crippen molar-refractivity contribution in [3.63, 3.8) is 0 Å². The Morgan fingerprint density at radius 2 is 1.91 bits per heavy atom. The number of imidazole rings is 1. The highest BCUT2D eigenvalue weighted by Crippen LogP contribution is 2.29. The van der Waals surface area contributed by atoms with Gasteiger partial charge in [0.05, 0.1) is 33.6 Å². The number of anilines is 1. The van der Waals surface area contributed by atoms with Gasteiger partial charge in [0, 0.05) is 25.5 Å². The van der Waals surface area contributed by atoms with Crippen molar-refractivity contribution in [3.8, 4) is 0 Å². The summed E-state index contributed by atoms with van der Waals surface area (Å²) in [6.07, 6.45) is 6.32. The average molecular weight is 469 g/mol. The smallest absolute Gasteiger partial charge is 0.233 e. The molecular weight excluding hydrogens is 444 g/mol. The number of sulfone groups is 1. The lowest BCUT2D eigenvalue weighted by atomic mass is 10.1. The van der Waals surface area contributed by atoms with E-state index in [1.165, 1.54) is 11.3 Å². The van der Waals surface area contributed by atoms with E-state index >= 15 is 0 Å². The van der Waals surface area contributed by atoms with Gasteiger partial charge in [0.25, 0.3) is 0 Å². The Balaban J connectivity index is 1.53. The van der Waals surface area contributed by atoms with Gasteiger partial charge in [-0.15, -0.1) is 0 Å². The number of nitrogens with zero attached hydrogens (tertiary/aromatic N) is 4. The summed E-state index contributed by atoms with van der Waals surface area (Å²) >= 11 is 1.50. The molecule has 2 aromatic carbocycles. The number of carbonyl (C=O) groups is 1. The van der Waals surface area contributed by atoms with Crippen LogP contribution in [0.15, 0.2) is 72.1 Å². The van der Waals surface area contributed by atoms with E-state index < -0.39 is 9.84 Å². The van der Waals surface area contributed by atoms with Crippen molar-refractivity contribution >= 4 is 42.4 Å². The summed E-state index contributed by atoms with van der Waals surface area (Å²) in [5.74, 6) is -0.0195. The van der Waals surface area contributed by atoms with Gasteiger partial charge >= 0.3 is 0 Å². The molecule has 4 rings (SSSR count). The summed E-state index contributed by atoms with van der Waals surface area (Å²) in [7, 11) is -3.26. The van der Waals surface area contributed by atoms with Gasteiger partial charge in [-0.2, -0.15) is 0 Å². The van der Waals surface area contributed by atoms with Crippen LogP contribution in [0, 0.1) is 0 Å². The summed E-state index contributed by atoms with van der Waals surface area (Å²) in [4.78, 5) is 24.0. The number of fused-ring (bicyclic) bond motifs is 1. The number of benzene rings is 2. The zero-order valence-electron chi connectivity index (χ0n) is 17.7. The zero-order chi connectivity index (χ0) is 22.6. The van der Waals surface area contributed by atoms with Crippen molar-refractivity contribution in [1.82, 2.24) is 14.5 Å². The lowest BCUT2D eigenvalue weighted by Crippen LogP contribution is -2.33. The first-order valence-electron chi connectivity index (χ1n) is 10.4. The zero-order valence-corrected chi connectivity index (χ0v) is 19.3. The van der Waals surface area contributed by atoms with E-state index in [1.54, 1.807) is 48.6 Å². The first-order chi connectivity index (χ1) is 15.5. The van der Waals surface area contributed by atoms with Gasteiger partial charge in [-0.05, 0) is 36.2 Å². The SMILES string of the molecule is CCS(=O)(=O)c1ccc(CC(=O)N(CCCn2ccnc2)c2nc3ccccc3s2)cc1. The Hall–Kier alpha value is -3.04. The van der Waals surface area contributed by atoms with Crippen LogP contribution >= 0.6 is 11.3 Å². The number of amides is 1. The van der Waals surface area contributed by atoms with Gasteiger partial charge in [-0.1, -0.05) is 42.5 Å². The highest BCUT2D eigenvalue weighted by atomic mass is 32.2. The summed E-state index contributed by atoms with van der Waals surface area (Å²) in [5, 5.41) is 0.673. The largest absolute Gasteiger partial charge is 0.337 e. The Morgan fingerprint density at radius 1 is 1.12 bits per heavy atom. The number of rotatable bonds is 9. The maximum atomic E-state index is 13.3. The van der Waals surface area contributed by atoms with Crippen LogP contribution < -0.4 is 4.90 Å². The second-order valence-electron chi connectivity index (χ2n) is 7.39. The fourth-order valence-electron chi connectivity index (χ4n) is 3.38. The van der Waals surface area contributed by atoms with Crippen LogP contribution in [0.25, 0.3) is 10.2 Å². The van der Waals surface area contributed by atoms with E-state index in [0.29, 0.717) is 11.7 Å². The number of aromatic nitrogens is 3. The van der Waals surface area contributed by atoms with Crippen LogP contribution in [0.5, 0.6) is 0 Å². The molecule has 0 saturated carbocycles. The minimum atomic E-state index is -3.26. The van der Waals surface area contributed by atoms with Crippen molar-refractivity contribution in [2.75, 3.05) is 17.2 Å². The molecule has 0 spiro atoms. The molecule has 0 aliphatic rings. The van der Waals surface area contributed by atoms with Gasteiger partial charge in [0.15, 0.2) is 15.0 Å². The van der Waals surface area contributed by atoms with E-state index in [4.69, 9.17) is 0 Å². The van der Waals surface area contributed by atoms with Crippen LogP contribution in [0.1, 0.15) is 18.9 Å². The molecule has 0 aliphatic carbocycles. The topological polar surface area (TPSA) is 85.2 Å². The molecule has 0 fully saturated rings. The van der Waals surface area contributed by atoms with Crippen molar-refractivity contribution in [3.05, 3.63) is 72.8 Å². The number of hydrogen-bond acceptors (Lipinski definition) is 6. The van der Waals surface area contributed by atoms with E-state index in [2.05, 4.69) is 9.97 Å². The normalized spacial score (nSPS) is 11.7. The molecule has 1 amide bonds. The van der Waals surface area contributed by atoms with Crippen LogP contribution in [0.3, 0.4) is 0 Å². The predicted molar refractivity (Wildman–Crippen MR) is 127 cm³/mol. The standard InChI is InChI=1S/C23H24N4O3S2/c1-2-32(29,30)19-10-8-18(9-11-19)16-22(28)27(14-5-13-26-15-12-24-17-26)23-25-20-6-3-4-7-21(20)31-23/h3-4,6-12,15,17H,2,5,13-14,16H2,1H3. The Morgan fingerprint density at radius 3 is 2.59 bits per heavy atom. The molecule has 0 bridgehead atoms. The number of aryl methyl sites for hydroxylation is 1. The number of para-hydroxylation sites is 1. The van der Waals surface area contributed by atoms with Crippen LogP contribution in [-0.2, 0) is 27.6 Å². The fraction of sp³-hybridized carbons (Fsp3) is 0.261. The van der Waals surface area contributed by atoms with Crippen LogP contribution in [0.2, 0.25) is 0 Å². The minimum absolute atomic E-state index is 0.0492. The third-order valence-corrected chi connectivity index (χ3v) is 8.00. The minimum Gasteiger partial charge on any atom is -0.337 e. The lowest BCUT2D eigenvalue weighted by molar-refractivity contribution is -0.118. The molecule has 7 nitrogen and oxygen atoms in total. The molecule has 0 atom stereocenters. The fourth-order valence-corrected chi connectivity index (χ4v) is 5.28. The van der Waals surface area contributed by atoms with Crippen molar-refractivity contribution in [2.45, 2.75) is 31.2 Å². The quantitative estimate of drug-likeness (QED) is 0.371. The molecule has 2 aromatic heterocycles. The molecule has 32 heavy (non-hydrogen) atoms. The first kappa shape index (κ1) is 22.2. The number of thiazole rings is 1. The lowest BCUT2D eigenvalue weighted by Gasteiger charge is -2.20. The Kier molecular flexibility index (Phi) is 6.66. The number of carbonyl (C=O) groups excluding carboxylic acids is 1. The molecule has 0 saturated heterocycles.